The number of pyridine rings is 1. The van der Waals surface area contributed by atoms with Gasteiger partial charge in [-0.05, 0) is 25.0 Å². The molecule has 0 aliphatic carbocycles. The van der Waals surface area contributed by atoms with E-state index in [2.05, 4.69) is 0 Å². The number of likely N-dealkylation sites (N-methyl/N-ethyl adjacent to an activating group) is 1. The number of anilines is 1. The molecule has 0 N–H and O–H groups in total. The Morgan fingerprint density at radius 1 is 1.26 bits per heavy atom. The van der Waals surface area contributed by atoms with Crippen molar-refractivity contribution in [3.05, 3.63) is 23.4 Å². The first-order valence-electron chi connectivity index (χ1n) is 8.19. The Bertz CT molecular complexity index is 784. The normalized spacial score (nSPS) is 21.9. The number of aromatic nitrogens is 2. The Morgan fingerprint density at radius 3 is 2.87 bits per heavy atom. The van der Waals surface area contributed by atoms with Gasteiger partial charge in [0.25, 0.3) is 5.91 Å². The summed E-state index contributed by atoms with van der Waals surface area (Å²) in [4.78, 5) is 21.0. The van der Waals surface area contributed by atoms with Crippen LogP contribution in [0, 0.1) is 0 Å². The van der Waals surface area contributed by atoms with Crippen LogP contribution in [0.1, 0.15) is 28.9 Å². The molecule has 0 spiro atoms. The van der Waals surface area contributed by atoms with Crippen LogP contribution in [0.25, 0.3) is 11.0 Å². The van der Waals surface area contributed by atoms with Gasteiger partial charge >= 0.3 is 0 Å². The molecule has 1 unspecified atom stereocenters. The fourth-order valence-electron chi connectivity index (χ4n) is 3.75. The van der Waals surface area contributed by atoms with Crippen molar-refractivity contribution in [2.45, 2.75) is 25.4 Å². The van der Waals surface area contributed by atoms with Gasteiger partial charge in [0.05, 0.1) is 12.1 Å². The molecule has 6 heteroatoms. The average molecular weight is 316 g/mol. The molecule has 1 atom stereocenters. The second-order valence-corrected chi connectivity index (χ2v) is 6.58. The van der Waals surface area contributed by atoms with Crippen LogP contribution in [-0.4, -0.2) is 53.2 Å². The van der Waals surface area contributed by atoms with Gasteiger partial charge in [-0.1, -0.05) is 0 Å². The first-order valence-corrected chi connectivity index (χ1v) is 8.19. The predicted octanol–water partition coefficient (Wildman–Crippen LogP) is 2.14. The number of carbonyl (C=O) groups excluding carboxylic acids is 1. The van der Waals surface area contributed by atoms with E-state index in [1.807, 2.05) is 35.7 Å². The van der Waals surface area contributed by atoms with Crippen LogP contribution in [-0.2, 0) is 13.5 Å². The maximum atomic E-state index is 13.7. The molecule has 0 saturated carbocycles. The molecule has 4 rings (SSSR count). The lowest BCUT2D eigenvalue weighted by Crippen LogP contribution is -2.36. The number of piperidine rings is 1. The zero-order chi connectivity index (χ0) is 16.1. The topological polar surface area (TPSA) is 41.4 Å². The largest absolute Gasteiger partial charge is 0.354 e. The highest BCUT2D eigenvalue weighted by Gasteiger charge is 2.29. The maximum absolute atomic E-state index is 13.7. The summed E-state index contributed by atoms with van der Waals surface area (Å²) in [5.41, 5.74) is 2.64. The lowest BCUT2D eigenvalue weighted by Gasteiger charge is -2.30. The van der Waals surface area contributed by atoms with Gasteiger partial charge < -0.3 is 14.4 Å². The second kappa shape index (κ2) is 5.22. The highest BCUT2D eigenvalue weighted by Crippen LogP contribution is 2.31. The van der Waals surface area contributed by atoms with Gasteiger partial charge in [-0.3, -0.25) is 4.79 Å². The summed E-state index contributed by atoms with van der Waals surface area (Å²) >= 11 is 0. The Balaban J connectivity index is 1.81. The van der Waals surface area contributed by atoms with E-state index in [1.54, 1.807) is 4.90 Å². The van der Waals surface area contributed by atoms with Crippen LogP contribution in [0.2, 0.25) is 0 Å². The van der Waals surface area contributed by atoms with Crippen LogP contribution >= 0.6 is 0 Å². The minimum atomic E-state index is -0.780. The van der Waals surface area contributed by atoms with E-state index in [4.69, 9.17) is 4.98 Å². The zero-order valence-electron chi connectivity index (χ0n) is 13.5. The lowest BCUT2D eigenvalue weighted by molar-refractivity contribution is 0.0781. The molecule has 23 heavy (non-hydrogen) atoms. The SMILES string of the molecule is CN1CCc2c(c3ccc(N4CCCC(F)C4)nc3n2C)C1=O. The van der Waals surface area contributed by atoms with E-state index in [1.165, 1.54) is 0 Å². The first kappa shape index (κ1) is 14.5. The Kier molecular flexibility index (Phi) is 3.28. The highest BCUT2D eigenvalue weighted by atomic mass is 19.1. The molecule has 1 saturated heterocycles. The summed E-state index contributed by atoms with van der Waals surface area (Å²) < 4.78 is 15.7. The summed E-state index contributed by atoms with van der Waals surface area (Å²) in [7, 11) is 3.80. The number of hydrogen-bond donors (Lipinski definition) is 0. The first-order chi connectivity index (χ1) is 11.1. The van der Waals surface area contributed by atoms with Gasteiger partial charge in [0.1, 0.15) is 17.6 Å². The third-order valence-electron chi connectivity index (χ3n) is 5.07. The fraction of sp³-hybridized carbons (Fsp3) is 0.529. The predicted molar refractivity (Wildman–Crippen MR) is 87.7 cm³/mol. The molecule has 2 aromatic rings. The van der Waals surface area contributed by atoms with E-state index >= 15 is 0 Å². The van der Waals surface area contributed by atoms with E-state index < -0.39 is 6.17 Å². The highest BCUT2D eigenvalue weighted by molar-refractivity contribution is 6.08. The Labute approximate surface area is 134 Å². The molecular weight excluding hydrogens is 295 g/mol. The van der Waals surface area contributed by atoms with E-state index in [0.29, 0.717) is 13.0 Å². The summed E-state index contributed by atoms with van der Waals surface area (Å²) in [5.74, 6) is 0.867. The van der Waals surface area contributed by atoms with Crippen LogP contribution < -0.4 is 4.90 Å². The molecule has 2 aromatic heterocycles. The number of fused-ring (bicyclic) bond motifs is 3. The molecule has 1 amide bonds. The third-order valence-corrected chi connectivity index (χ3v) is 5.07. The number of halogens is 1. The van der Waals surface area contributed by atoms with E-state index in [0.717, 1.165) is 54.0 Å². The molecular formula is C17H21FN4O. The van der Waals surface area contributed by atoms with Crippen molar-refractivity contribution in [3.8, 4) is 0 Å². The number of rotatable bonds is 1. The minimum absolute atomic E-state index is 0.0631. The Hall–Kier alpha value is -2.11. The maximum Gasteiger partial charge on any atom is 0.256 e. The molecule has 0 bridgehead atoms. The summed E-state index contributed by atoms with van der Waals surface area (Å²) in [6, 6.07) is 3.89. The molecule has 4 heterocycles. The van der Waals surface area contributed by atoms with Gasteiger partial charge in [-0.2, -0.15) is 0 Å². The smallest absolute Gasteiger partial charge is 0.256 e. The molecule has 2 aliphatic rings. The van der Waals surface area contributed by atoms with Gasteiger partial charge in [0.2, 0.25) is 0 Å². The summed E-state index contributed by atoms with van der Waals surface area (Å²) in [5, 5.41) is 0.900. The van der Waals surface area contributed by atoms with E-state index in [-0.39, 0.29) is 5.91 Å². The quantitative estimate of drug-likeness (QED) is 0.809. The minimum Gasteiger partial charge on any atom is -0.354 e. The monoisotopic (exact) mass is 316 g/mol. The fourth-order valence-corrected chi connectivity index (χ4v) is 3.75. The molecule has 1 fully saturated rings. The Morgan fingerprint density at radius 2 is 2.09 bits per heavy atom. The standard InChI is InChI=1S/C17H21FN4O/c1-20-9-7-13-15(17(20)23)12-5-6-14(19-16(12)21(13)2)22-8-3-4-11(18)10-22/h5-6,11H,3-4,7-10H2,1-2H3. The second-order valence-electron chi connectivity index (χ2n) is 6.58. The van der Waals surface area contributed by atoms with Crippen molar-refractivity contribution in [1.82, 2.24) is 14.5 Å². The van der Waals surface area contributed by atoms with Crippen LogP contribution in [0.4, 0.5) is 10.2 Å². The molecule has 0 aromatic carbocycles. The van der Waals surface area contributed by atoms with Crippen molar-refractivity contribution < 1.29 is 9.18 Å². The number of amides is 1. The number of nitrogens with zero attached hydrogens (tertiary/aromatic N) is 4. The van der Waals surface area contributed by atoms with Crippen molar-refractivity contribution in [3.63, 3.8) is 0 Å². The van der Waals surface area contributed by atoms with Gasteiger partial charge in [-0.25, -0.2) is 9.37 Å². The van der Waals surface area contributed by atoms with Gasteiger partial charge in [-0.15, -0.1) is 0 Å². The molecule has 122 valence electrons. The summed E-state index contributed by atoms with van der Waals surface area (Å²) in [6.07, 6.45) is 1.56. The third kappa shape index (κ3) is 2.19. The zero-order valence-corrected chi connectivity index (χ0v) is 13.5. The number of aryl methyl sites for hydroxylation is 1. The van der Waals surface area contributed by atoms with Crippen LogP contribution in [0.3, 0.4) is 0 Å². The number of hydrogen-bond acceptors (Lipinski definition) is 3. The van der Waals surface area contributed by atoms with Crippen LogP contribution in [0.5, 0.6) is 0 Å². The van der Waals surface area contributed by atoms with Crippen molar-refractivity contribution >= 4 is 22.8 Å². The lowest BCUT2D eigenvalue weighted by atomic mass is 10.0. The van der Waals surface area contributed by atoms with Crippen molar-refractivity contribution in [2.24, 2.45) is 7.05 Å². The summed E-state index contributed by atoms with van der Waals surface area (Å²) in [6.45, 7) is 1.98. The van der Waals surface area contributed by atoms with Gasteiger partial charge in [0.15, 0.2) is 0 Å². The van der Waals surface area contributed by atoms with E-state index in [9.17, 15) is 9.18 Å². The van der Waals surface area contributed by atoms with Crippen LogP contribution in [0.15, 0.2) is 12.1 Å². The van der Waals surface area contributed by atoms with Crippen molar-refractivity contribution in [1.29, 1.82) is 0 Å². The van der Waals surface area contributed by atoms with Gasteiger partial charge in [0, 0.05) is 44.7 Å². The molecule has 0 radical (unpaired) electrons. The molecule has 2 aliphatic heterocycles. The molecule has 5 nitrogen and oxygen atoms in total. The average Bonchev–Trinajstić information content (AvgIpc) is 2.84. The number of carbonyl (C=O) groups is 1. The number of alkyl halides is 1. The van der Waals surface area contributed by atoms with Crippen molar-refractivity contribution in [2.75, 3.05) is 31.6 Å².